The summed E-state index contributed by atoms with van der Waals surface area (Å²) in [5.41, 5.74) is 0.564. The first-order chi connectivity index (χ1) is 8.58. The van der Waals surface area contributed by atoms with E-state index in [2.05, 4.69) is 5.32 Å². The van der Waals surface area contributed by atoms with Gasteiger partial charge in [-0.3, -0.25) is 5.32 Å². The average Bonchev–Trinajstić information content (AvgIpc) is 3.01. The van der Waals surface area contributed by atoms with Crippen molar-refractivity contribution in [2.45, 2.75) is 5.92 Å². The van der Waals surface area contributed by atoms with Gasteiger partial charge in [0.15, 0.2) is 0 Å². The van der Waals surface area contributed by atoms with Crippen molar-refractivity contribution >= 4 is 11.8 Å². The second-order valence-electron chi connectivity index (χ2n) is 4.39. The van der Waals surface area contributed by atoms with E-state index in [0.717, 1.165) is 6.07 Å². The van der Waals surface area contributed by atoms with E-state index < -0.39 is 11.9 Å². The summed E-state index contributed by atoms with van der Waals surface area (Å²) >= 11 is 0. The van der Waals surface area contributed by atoms with Crippen LogP contribution in [-0.2, 0) is 0 Å². The molecule has 1 amide bonds. The molecule has 98 valence electrons. The molecule has 4 N–H and O–H groups in total. The minimum Gasteiger partial charge on any atom is -0.465 e. The summed E-state index contributed by atoms with van der Waals surface area (Å²) in [6, 6.07) is 4.06. The highest BCUT2D eigenvalue weighted by molar-refractivity contribution is 5.82. The summed E-state index contributed by atoms with van der Waals surface area (Å²) in [6.45, 7) is -0.186. The van der Waals surface area contributed by atoms with Gasteiger partial charge in [0.1, 0.15) is 5.82 Å². The van der Waals surface area contributed by atoms with Crippen molar-refractivity contribution < 1.29 is 24.5 Å². The van der Waals surface area contributed by atoms with Crippen LogP contribution in [0.1, 0.15) is 11.5 Å². The zero-order chi connectivity index (χ0) is 13.3. The number of carbonyl (C=O) groups is 1. The van der Waals surface area contributed by atoms with Crippen LogP contribution in [0.3, 0.4) is 0 Å². The van der Waals surface area contributed by atoms with Gasteiger partial charge in [0.05, 0.1) is 0 Å². The Hall–Kier alpha value is -1.66. The summed E-state index contributed by atoms with van der Waals surface area (Å²) in [4.78, 5) is 10.4. The number of anilines is 1. The maximum absolute atomic E-state index is 13.8. The van der Waals surface area contributed by atoms with Gasteiger partial charge in [-0.2, -0.15) is 0 Å². The Bertz CT molecular complexity index is 455. The predicted octanol–water partition coefficient (Wildman–Crippen LogP) is 1.23. The third-order valence-corrected chi connectivity index (χ3v) is 3.36. The van der Waals surface area contributed by atoms with Crippen molar-refractivity contribution in [2.75, 3.05) is 18.5 Å². The number of aliphatic hydroxyl groups excluding tert-OH is 2. The molecule has 0 saturated heterocycles. The molecule has 1 fully saturated rings. The highest BCUT2D eigenvalue weighted by Gasteiger charge is 2.50. The lowest BCUT2D eigenvalue weighted by Gasteiger charge is -2.05. The largest absolute Gasteiger partial charge is 0.465 e. The maximum Gasteiger partial charge on any atom is 0.409 e. The lowest BCUT2D eigenvalue weighted by molar-refractivity contribution is 0.209. The molecule has 5 nitrogen and oxygen atoms in total. The van der Waals surface area contributed by atoms with Crippen LogP contribution in [0.4, 0.5) is 14.9 Å². The van der Waals surface area contributed by atoms with Gasteiger partial charge in [-0.05, 0) is 35.4 Å². The van der Waals surface area contributed by atoms with Gasteiger partial charge in [0.25, 0.3) is 0 Å². The molecule has 1 unspecified atom stereocenters. The molecule has 6 heteroatoms. The van der Waals surface area contributed by atoms with Gasteiger partial charge < -0.3 is 15.3 Å². The summed E-state index contributed by atoms with van der Waals surface area (Å²) in [5, 5.41) is 28.7. The van der Waals surface area contributed by atoms with Crippen LogP contribution in [-0.4, -0.2) is 34.6 Å². The number of benzene rings is 1. The zero-order valence-electron chi connectivity index (χ0n) is 9.51. The molecule has 3 atom stereocenters. The molecule has 1 aromatic carbocycles. The van der Waals surface area contributed by atoms with Gasteiger partial charge in [0.2, 0.25) is 0 Å². The van der Waals surface area contributed by atoms with Crippen molar-refractivity contribution in [3.63, 3.8) is 0 Å². The van der Waals surface area contributed by atoms with Crippen LogP contribution in [0.5, 0.6) is 0 Å². The third-order valence-electron chi connectivity index (χ3n) is 3.36. The van der Waals surface area contributed by atoms with E-state index in [0.29, 0.717) is 5.56 Å². The molecule has 1 aromatic rings. The van der Waals surface area contributed by atoms with E-state index >= 15 is 0 Å². The Morgan fingerprint density at radius 3 is 2.33 bits per heavy atom. The van der Waals surface area contributed by atoms with E-state index in [1.165, 1.54) is 12.1 Å². The Labute approximate surface area is 103 Å². The third kappa shape index (κ3) is 2.30. The first-order valence-electron chi connectivity index (χ1n) is 5.59. The molecule has 0 bridgehead atoms. The van der Waals surface area contributed by atoms with E-state index in [1.54, 1.807) is 0 Å². The minimum absolute atomic E-state index is 0.0928. The number of amides is 1. The lowest BCUT2D eigenvalue weighted by Crippen LogP contribution is -2.07. The van der Waals surface area contributed by atoms with Crippen molar-refractivity contribution in [3.8, 4) is 0 Å². The zero-order valence-corrected chi connectivity index (χ0v) is 9.51. The van der Waals surface area contributed by atoms with Gasteiger partial charge in [-0.15, -0.1) is 0 Å². The van der Waals surface area contributed by atoms with Crippen LogP contribution < -0.4 is 5.32 Å². The molecule has 0 aromatic heterocycles. The molecular weight excluding hydrogens is 241 g/mol. The summed E-state index contributed by atoms with van der Waals surface area (Å²) in [6.07, 6.45) is -1.25. The number of carboxylic acid groups (broad SMARTS) is 1. The number of nitrogens with one attached hydrogen (secondary N) is 1. The van der Waals surface area contributed by atoms with E-state index in [1.807, 2.05) is 0 Å². The Morgan fingerprint density at radius 2 is 1.89 bits per heavy atom. The minimum atomic E-state index is -1.25. The SMILES string of the molecule is O=C(O)Nc1ccc(C2[C@@H](CO)[C@H]2CO)c(F)c1. The van der Waals surface area contributed by atoms with Crippen LogP contribution in [0.15, 0.2) is 18.2 Å². The standard InChI is InChI=1S/C12H14FNO4/c13-10-3-6(14-12(17)18)1-2-7(10)11-8(4-15)9(11)5-16/h1-3,8-9,11,14-16H,4-5H2,(H,17,18)/t8-,9+,11?. The number of hydrogen-bond acceptors (Lipinski definition) is 3. The fourth-order valence-electron chi connectivity index (χ4n) is 2.40. The first kappa shape index (κ1) is 12.8. The van der Waals surface area contributed by atoms with E-state index in [4.69, 9.17) is 15.3 Å². The second kappa shape index (κ2) is 4.91. The molecule has 0 radical (unpaired) electrons. The summed E-state index contributed by atoms with van der Waals surface area (Å²) in [5.74, 6) is -0.968. The van der Waals surface area contributed by atoms with E-state index in [-0.39, 0.29) is 36.7 Å². The Kier molecular flexibility index (Phi) is 3.49. The van der Waals surface area contributed by atoms with Gasteiger partial charge in [-0.1, -0.05) is 6.07 Å². The molecular formula is C12H14FNO4. The number of halogens is 1. The monoisotopic (exact) mass is 255 g/mol. The highest BCUT2D eigenvalue weighted by Crippen LogP contribution is 2.54. The van der Waals surface area contributed by atoms with Gasteiger partial charge in [-0.25, -0.2) is 9.18 Å². The number of rotatable bonds is 4. The molecule has 1 aliphatic rings. The van der Waals surface area contributed by atoms with Crippen molar-refractivity contribution in [1.29, 1.82) is 0 Å². The normalized spacial score (nSPS) is 25.8. The van der Waals surface area contributed by atoms with Crippen molar-refractivity contribution in [1.82, 2.24) is 0 Å². The molecule has 18 heavy (non-hydrogen) atoms. The van der Waals surface area contributed by atoms with Crippen LogP contribution in [0.25, 0.3) is 0 Å². The van der Waals surface area contributed by atoms with Crippen LogP contribution in [0.2, 0.25) is 0 Å². The molecule has 0 spiro atoms. The van der Waals surface area contributed by atoms with Gasteiger partial charge in [0, 0.05) is 18.9 Å². The average molecular weight is 255 g/mol. The number of hydrogen-bond donors (Lipinski definition) is 4. The van der Waals surface area contributed by atoms with E-state index in [9.17, 15) is 9.18 Å². The van der Waals surface area contributed by atoms with Crippen molar-refractivity contribution in [3.05, 3.63) is 29.6 Å². The van der Waals surface area contributed by atoms with Crippen LogP contribution in [0, 0.1) is 17.7 Å². The maximum atomic E-state index is 13.8. The first-order valence-corrected chi connectivity index (χ1v) is 5.59. The van der Waals surface area contributed by atoms with Gasteiger partial charge >= 0.3 is 6.09 Å². The smallest absolute Gasteiger partial charge is 0.409 e. The van der Waals surface area contributed by atoms with Crippen molar-refractivity contribution in [2.24, 2.45) is 11.8 Å². The summed E-state index contributed by atoms with van der Waals surface area (Å²) in [7, 11) is 0. The number of aliphatic hydroxyl groups is 2. The topological polar surface area (TPSA) is 89.8 Å². The molecule has 2 rings (SSSR count). The lowest BCUT2D eigenvalue weighted by atomic mass is 10.1. The molecule has 0 aliphatic heterocycles. The summed E-state index contributed by atoms with van der Waals surface area (Å²) < 4.78 is 13.8. The Morgan fingerprint density at radius 1 is 1.28 bits per heavy atom. The fourth-order valence-corrected chi connectivity index (χ4v) is 2.40. The molecule has 1 aliphatic carbocycles. The quantitative estimate of drug-likeness (QED) is 0.651. The van der Waals surface area contributed by atoms with Crippen LogP contribution >= 0.6 is 0 Å². The molecule has 1 saturated carbocycles. The Balaban J connectivity index is 2.18. The predicted molar refractivity (Wildman–Crippen MR) is 61.9 cm³/mol. The fraction of sp³-hybridized carbons (Fsp3) is 0.417. The molecule has 0 heterocycles. The highest BCUT2D eigenvalue weighted by atomic mass is 19.1. The second-order valence-corrected chi connectivity index (χ2v) is 4.39.